The number of hydrogen-bond acceptors (Lipinski definition) is 4. The van der Waals surface area contributed by atoms with Gasteiger partial charge in [0.05, 0.1) is 24.3 Å². The highest BCUT2D eigenvalue weighted by Crippen LogP contribution is 2.23. The minimum Gasteiger partial charge on any atom is -0.488 e. The van der Waals surface area contributed by atoms with Gasteiger partial charge in [-0.1, -0.05) is 53.6 Å². The van der Waals surface area contributed by atoms with E-state index in [1.165, 1.54) is 6.21 Å². The number of hydrazone groups is 1. The minimum absolute atomic E-state index is 0.212. The molecule has 1 N–H and O–H groups in total. The lowest BCUT2D eigenvalue weighted by Gasteiger charge is -2.10. The van der Waals surface area contributed by atoms with Gasteiger partial charge in [0.15, 0.2) is 0 Å². The summed E-state index contributed by atoms with van der Waals surface area (Å²) in [4.78, 5) is 12.3. The highest BCUT2D eigenvalue weighted by molar-refractivity contribution is 6.30. The fourth-order valence-electron chi connectivity index (χ4n) is 3.09. The molecule has 0 unspecified atom stereocenters. The van der Waals surface area contributed by atoms with Crippen LogP contribution < -0.4 is 10.2 Å². The average Bonchev–Trinajstić information content (AvgIpc) is 2.75. The Balaban J connectivity index is 1.66. The van der Waals surface area contributed by atoms with Crippen molar-refractivity contribution in [2.24, 2.45) is 5.10 Å². The number of nitriles is 1. The van der Waals surface area contributed by atoms with Gasteiger partial charge in [-0.15, -0.1) is 0 Å². The van der Waals surface area contributed by atoms with Crippen molar-refractivity contribution >= 4 is 23.7 Å². The Morgan fingerprint density at radius 3 is 2.71 bits per heavy atom. The van der Waals surface area contributed by atoms with E-state index >= 15 is 0 Å². The molecule has 0 aliphatic rings. The average molecular weight is 432 g/mol. The van der Waals surface area contributed by atoms with Crippen LogP contribution in [0.2, 0.25) is 5.02 Å². The Morgan fingerprint density at radius 2 is 1.94 bits per heavy atom. The number of benzene rings is 3. The maximum Gasteiger partial charge on any atom is 0.244 e. The van der Waals surface area contributed by atoms with Crippen LogP contribution in [0, 0.1) is 25.2 Å². The minimum atomic E-state index is -0.212. The summed E-state index contributed by atoms with van der Waals surface area (Å²) in [6.45, 7) is 4.23. The van der Waals surface area contributed by atoms with Crippen LogP contribution in [0.5, 0.6) is 5.75 Å². The quantitative estimate of drug-likeness (QED) is 0.417. The number of carbonyl (C=O) groups is 1. The standard InChI is InChI=1S/C25H22ClN3O2/c1-17-7-8-19(18(2)11-17)13-25(30)29-28-15-22-12-23(26)9-10-24(22)31-16-21-6-4-3-5-20(21)14-27/h3-12,15H,13,16H2,1-2H3,(H,29,30)/b28-15-. The van der Waals surface area contributed by atoms with E-state index in [0.717, 1.165) is 22.3 Å². The van der Waals surface area contributed by atoms with E-state index in [9.17, 15) is 10.1 Å². The zero-order valence-electron chi connectivity index (χ0n) is 17.4. The van der Waals surface area contributed by atoms with Gasteiger partial charge < -0.3 is 4.74 Å². The van der Waals surface area contributed by atoms with Crippen molar-refractivity contribution in [2.75, 3.05) is 0 Å². The molecule has 3 rings (SSSR count). The zero-order chi connectivity index (χ0) is 22.2. The molecule has 31 heavy (non-hydrogen) atoms. The zero-order valence-corrected chi connectivity index (χ0v) is 18.1. The molecule has 1 amide bonds. The van der Waals surface area contributed by atoms with Crippen LogP contribution in [0.1, 0.15) is 33.4 Å². The molecule has 3 aromatic carbocycles. The monoisotopic (exact) mass is 431 g/mol. The van der Waals surface area contributed by atoms with Crippen LogP contribution in [0.3, 0.4) is 0 Å². The molecule has 0 fully saturated rings. The number of nitrogens with zero attached hydrogens (tertiary/aromatic N) is 2. The SMILES string of the molecule is Cc1ccc(CC(=O)N/N=C\c2cc(Cl)ccc2OCc2ccccc2C#N)c(C)c1. The molecule has 0 atom stereocenters. The number of rotatable bonds is 7. The lowest BCUT2D eigenvalue weighted by Crippen LogP contribution is -2.20. The summed E-state index contributed by atoms with van der Waals surface area (Å²) < 4.78 is 5.89. The van der Waals surface area contributed by atoms with Crippen molar-refractivity contribution < 1.29 is 9.53 Å². The maximum absolute atomic E-state index is 12.3. The van der Waals surface area contributed by atoms with Crippen molar-refractivity contribution in [1.29, 1.82) is 5.26 Å². The Kier molecular flexibility index (Phi) is 7.42. The summed E-state index contributed by atoms with van der Waals surface area (Å²) in [6.07, 6.45) is 1.74. The molecule has 5 nitrogen and oxygen atoms in total. The normalized spacial score (nSPS) is 10.6. The summed E-state index contributed by atoms with van der Waals surface area (Å²) in [6, 6.07) is 20.5. The van der Waals surface area contributed by atoms with Crippen LogP contribution in [-0.4, -0.2) is 12.1 Å². The van der Waals surface area contributed by atoms with Crippen LogP contribution in [-0.2, 0) is 17.8 Å². The van der Waals surface area contributed by atoms with Crippen LogP contribution in [0.15, 0.2) is 65.8 Å². The van der Waals surface area contributed by atoms with Gasteiger partial charge in [-0.05, 0) is 49.2 Å². The molecule has 3 aromatic rings. The number of nitrogens with one attached hydrogen (secondary N) is 1. The van der Waals surface area contributed by atoms with Gasteiger partial charge in [0, 0.05) is 16.1 Å². The van der Waals surface area contributed by atoms with E-state index in [0.29, 0.717) is 21.9 Å². The highest BCUT2D eigenvalue weighted by atomic mass is 35.5. The first-order chi connectivity index (χ1) is 15.0. The summed E-state index contributed by atoms with van der Waals surface area (Å²) in [5.41, 5.74) is 7.70. The van der Waals surface area contributed by atoms with Gasteiger partial charge in [0.25, 0.3) is 0 Å². The molecular formula is C25H22ClN3O2. The molecule has 0 aliphatic carbocycles. The first-order valence-corrected chi connectivity index (χ1v) is 10.1. The maximum atomic E-state index is 12.3. The van der Waals surface area contributed by atoms with Gasteiger partial charge in [0.2, 0.25) is 5.91 Å². The third-order valence-corrected chi connectivity index (χ3v) is 4.97. The van der Waals surface area contributed by atoms with Crippen molar-refractivity contribution in [2.45, 2.75) is 26.9 Å². The highest BCUT2D eigenvalue weighted by Gasteiger charge is 2.08. The number of halogens is 1. The first kappa shape index (κ1) is 22.1. The molecular weight excluding hydrogens is 410 g/mol. The second-order valence-corrected chi connectivity index (χ2v) is 7.58. The lowest BCUT2D eigenvalue weighted by molar-refractivity contribution is -0.120. The van der Waals surface area contributed by atoms with Crippen molar-refractivity contribution in [3.63, 3.8) is 0 Å². The van der Waals surface area contributed by atoms with E-state index in [1.807, 2.05) is 50.2 Å². The van der Waals surface area contributed by atoms with Crippen LogP contribution >= 0.6 is 11.6 Å². The smallest absolute Gasteiger partial charge is 0.244 e. The van der Waals surface area contributed by atoms with Gasteiger partial charge in [-0.3, -0.25) is 4.79 Å². The first-order valence-electron chi connectivity index (χ1n) is 9.74. The third kappa shape index (κ3) is 6.18. The Bertz CT molecular complexity index is 1170. The summed E-state index contributed by atoms with van der Waals surface area (Å²) in [5, 5.41) is 13.8. The Labute approximate surface area is 186 Å². The van der Waals surface area contributed by atoms with Gasteiger partial charge in [0.1, 0.15) is 12.4 Å². The Morgan fingerprint density at radius 1 is 1.13 bits per heavy atom. The second-order valence-electron chi connectivity index (χ2n) is 7.14. The molecule has 0 saturated heterocycles. The molecule has 0 aliphatic heterocycles. The molecule has 0 spiro atoms. The third-order valence-electron chi connectivity index (χ3n) is 4.73. The molecule has 0 radical (unpaired) electrons. The van der Waals surface area contributed by atoms with Crippen molar-refractivity contribution in [3.05, 3.63) is 99.1 Å². The molecule has 0 heterocycles. The summed E-state index contributed by atoms with van der Waals surface area (Å²) in [7, 11) is 0. The number of amides is 1. The lowest BCUT2D eigenvalue weighted by atomic mass is 10.0. The Hall–Kier alpha value is -3.62. The predicted molar refractivity (Wildman–Crippen MR) is 122 cm³/mol. The van der Waals surface area contributed by atoms with Crippen LogP contribution in [0.4, 0.5) is 0 Å². The predicted octanol–water partition coefficient (Wildman–Crippen LogP) is 5.10. The molecule has 0 aromatic heterocycles. The van der Waals surface area contributed by atoms with Crippen molar-refractivity contribution in [3.8, 4) is 11.8 Å². The number of hydrogen-bond donors (Lipinski definition) is 1. The van der Waals surface area contributed by atoms with Crippen LogP contribution in [0.25, 0.3) is 0 Å². The summed E-state index contributed by atoms with van der Waals surface area (Å²) >= 11 is 6.11. The molecule has 0 saturated carbocycles. The topological polar surface area (TPSA) is 74.5 Å². The van der Waals surface area contributed by atoms with E-state index in [2.05, 4.69) is 16.6 Å². The second kappa shape index (κ2) is 10.4. The van der Waals surface area contributed by atoms with Gasteiger partial charge in [-0.25, -0.2) is 5.43 Å². The fraction of sp³-hybridized carbons (Fsp3) is 0.160. The molecule has 6 heteroatoms. The molecule has 156 valence electrons. The van der Waals surface area contributed by atoms with E-state index in [4.69, 9.17) is 16.3 Å². The summed E-state index contributed by atoms with van der Waals surface area (Å²) in [5.74, 6) is 0.333. The van der Waals surface area contributed by atoms with Gasteiger partial charge in [-0.2, -0.15) is 10.4 Å². The number of aryl methyl sites for hydroxylation is 2. The largest absolute Gasteiger partial charge is 0.488 e. The number of carbonyl (C=O) groups excluding carboxylic acids is 1. The fourth-order valence-corrected chi connectivity index (χ4v) is 3.27. The number of ether oxygens (including phenoxy) is 1. The van der Waals surface area contributed by atoms with E-state index < -0.39 is 0 Å². The van der Waals surface area contributed by atoms with Crippen molar-refractivity contribution in [1.82, 2.24) is 5.43 Å². The van der Waals surface area contributed by atoms with Gasteiger partial charge >= 0.3 is 0 Å². The molecule has 0 bridgehead atoms. The van der Waals surface area contributed by atoms with E-state index in [-0.39, 0.29) is 18.9 Å². The van der Waals surface area contributed by atoms with E-state index in [1.54, 1.807) is 24.3 Å².